The van der Waals surface area contributed by atoms with Crippen LogP contribution in [0, 0.1) is 6.92 Å². The lowest BCUT2D eigenvalue weighted by Crippen LogP contribution is -2.34. The van der Waals surface area contributed by atoms with Crippen molar-refractivity contribution < 1.29 is 21.6 Å². The fourth-order valence-electron chi connectivity index (χ4n) is 1.16. The molecule has 1 rings (SSSR count). The van der Waals surface area contributed by atoms with Crippen molar-refractivity contribution in [3.63, 3.8) is 0 Å². The number of anilines is 1. The molecular formula is C9H11F3N2O2S. The minimum absolute atomic E-state index is 0.169. The first-order chi connectivity index (χ1) is 7.62. The van der Waals surface area contributed by atoms with E-state index in [0.717, 1.165) is 6.07 Å². The average molecular weight is 268 g/mol. The smallest absolute Gasteiger partial charge is 0.399 e. The van der Waals surface area contributed by atoms with Crippen molar-refractivity contribution in [1.82, 2.24) is 4.72 Å². The van der Waals surface area contributed by atoms with E-state index in [1.807, 2.05) is 0 Å². The van der Waals surface area contributed by atoms with Gasteiger partial charge in [0.2, 0.25) is 10.0 Å². The van der Waals surface area contributed by atoms with Gasteiger partial charge in [0.1, 0.15) is 6.54 Å². The van der Waals surface area contributed by atoms with Gasteiger partial charge in [-0.05, 0) is 24.6 Å². The van der Waals surface area contributed by atoms with Crippen molar-refractivity contribution in [2.24, 2.45) is 0 Å². The van der Waals surface area contributed by atoms with Crippen molar-refractivity contribution >= 4 is 15.7 Å². The van der Waals surface area contributed by atoms with Crippen LogP contribution in [0.25, 0.3) is 0 Å². The SMILES string of the molecule is Cc1ccc(N)cc1S(=O)(=O)NCC(F)(F)F. The molecular weight excluding hydrogens is 257 g/mol. The second-order valence-corrected chi connectivity index (χ2v) is 5.20. The van der Waals surface area contributed by atoms with Gasteiger partial charge >= 0.3 is 6.18 Å². The van der Waals surface area contributed by atoms with Crippen molar-refractivity contribution in [3.8, 4) is 0 Å². The lowest BCUT2D eigenvalue weighted by Gasteiger charge is -2.11. The molecule has 3 N–H and O–H groups in total. The molecule has 1 aromatic rings. The van der Waals surface area contributed by atoms with Crippen LogP contribution in [0.1, 0.15) is 5.56 Å². The van der Waals surface area contributed by atoms with E-state index in [9.17, 15) is 21.6 Å². The molecule has 0 amide bonds. The van der Waals surface area contributed by atoms with E-state index in [1.54, 1.807) is 0 Å². The molecule has 8 heteroatoms. The molecule has 0 spiro atoms. The molecule has 0 heterocycles. The Morgan fingerprint density at radius 1 is 1.35 bits per heavy atom. The highest BCUT2D eigenvalue weighted by Gasteiger charge is 2.30. The molecule has 0 fully saturated rings. The molecule has 0 saturated heterocycles. The number of alkyl halides is 3. The van der Waals surface area contributed by atoms with Crippen LogP contribution in [0.15, 0.2) is 23.1 Å². The Bertz CT molecular complexity index is 511. The number of rotatable bonds is 3. The normalized spacial score (nSPS) is 12.7. The van der Waals surface area contributed by atoms with E-state index in [0.29, 0.717) is 5.56 Å². The average Bonchev–Trinajstić information content (AvgIpc) is 2.18. The Morgan fingerprint density at radius 3 is 2.47 bits per heavy atom. The van der Waals surface area contributed by atoms with Crippen molar-refractivity contribution in [2.75, 3.05) is 12.3 Å². The molecule has 0 aliphatic heterocycles. The summed E-state index contributed by atoms with van der Waals surface area (Å²) in [6.07, 6.45) is -4.60. The predicted octanol–water partition coefficient (Wildman–Crippen LogP) is 1.42. The monoisotopic (exact) mass is 268 g/mol. The zero-order valence-corrected chi connectivity index (χ0v) is 9.69. The van der Waals surface area contributed by atoms with E-state index in [2.05, 4.69) is 0 Å². The minimum atomic E-state index is -4.60. The number of hydrogen-bond acceptors (Lipinski definition) is 3. The van der Waals surface area contributed by atoms with E-state index in [4.69, 9.17) is 5.73 Å². The zero-order chi connectivity index (χ0) is 13.3. The number of nitrogens with one attached hydrogen (secondary N) is 1. The lowest BCUT2D eigenvalue weighted by molar-refractivity contribution is -0.121. The molecule has 0 saturated carbocycles. The molecule has 17 heavy (non-hydrogen) atoms. The second kappa shape index (κ2) is 4.53. The zero-order valence-electron chi connectivity index (χ0n) is 8.88. The summed E-state index contributed by atoms with van der Waals surface area (Å²) in [7, 11) is -4.20. The maximum Gasteiger partial charge on any atom is 0.402 e. The Balaban J connectivity index is 3.02. The standard InChI is InChI=1S/C9H11F3N2O2S/c1-6-2-3-7(13)4-8(6)17(15,16)14-5-9(10,11)12/h2-4,14H,5,13H2,1H3. The van der Waals surface area contributed by atoms with Crippen LogP contribution in [0.4, 0.5) is 18.9 Å². The Kier molecular flexibility index (Phi) is 3.68. The summed E-state index contributed by atoms with van der Waals surface area (Å²) >= 11 is 0. The molecule has 0 aliphatic carbocycles. The summed E-state index contributed by atoms with van der Waals surface area (Å²) in [6.45, 7) is -0.134. The number of aryl methyl sites for hydroxylation is 1. The summed E-state index contributed by atoms with van der Waals surface area (Å²) in [5.41, 5.74) is 5.89. The Labute approximate surface area is 96.7 Å². The van der Waals surface area contributed by atoms with E-state index in [-0.39, 0.29) is 10.6 Å². The third kappa shape index (κ3) is 3.90. The number of halogens is 3. The number of benzene rings is 1. The van der Waals surface area contributed by atoms with Gasteiger partial charge in [-0.25, -0.2) is 13.1 Å². The maximum absolute atomic E-state index is 11.9. The Hall–Kier alpha value is -1.28. The lowest BCUT2D eigenvalue weighted by atomic mass is 10.2. The van der Waals surface area contributed by atoms with Crippen LogP contribution in [-0.2, 0) is 10.0 Å². The van der Waals surface area contributed by atoms with Gasteiger partial charge < -0.3 is 5.73 Å². The third-order valence-corrected chi connectivity index (χ3v) is 3.51. The van der Waals surface area contributed by atoms with Crippen LogP contribution in [0.2, 0.25) is 0 Å². The predicted molar refractivity (Wildman–Crippen MR) is 56.8 cm³/mol. The summed E-state index contributed by atoms with van der Waals surface area (Å²) in [5, 5.41) is 0. The Morgan fingerprint density at radius 2 is 1.94 bits per heavy atom. The third-order valence-electron chi connectivity index (χ3n) is 1.96. The van der Waals surface area contributed by atoms with Crippen LogP contribution in [0.3, 0.4) is 0 Å². The summed E-state index contributed by atoms with van der Waals surface area (Å²) < 4.78 is 60.4. The molecule has 0 atom stereocenters. The fourth-order valence-corrected chi connectivity index (χ4v) is 2.45. The number of hydrogen-bond donors (Lipinski definition) is 2. The first-order valence-corrected chi connectivity index (χ1v) is 6.03. The molecule has 0 radical (unpaired) electrons. The van der Waals surface area contributed by atoms with Crippen molar-refractivity contribution in [3.05, 3.63) is 23.8 Å². The van der Waals surface area contributed by atoms with Crippen LogP contribution < -0.4 is 10.5 Å². The van der Waals surface area contributed by atoms with Gasteiger partial charge in [-0.3, -0.25) is 0 Å². The molecule has 4 nitrogen and oxygen atoms in total. The van der Waals surface area contributed by atoms with E-state index >= 15 is 0 Å². The van der Waals surface area contributed by atoms with Gasteiger partial charge in [0.25, 0.3) is 0 Å². The highest BCUT2D eigenvalue weighted by molar-refractivity contribution is 7.89. The molecule has 96 valence electrons. The molecule has 0 aromatic heterocycles. The quantitative estimate of drug-likeness (QED) is 0.814. The van der Waals surface area contributed by atoms with Crippen LogP contribution in [0.5, 0.6) is 0 Å². The van der Waals surface area contributed by atoms with Crippen LogP contribution >= 0.6 is 0 Å². The van der Waals surface area contributed by atoms with Gasteiger partial charge in [-0.1, -0.05) is 6.07 Å². The molecule has 1 aromatic carbocycles. The van der Waals surface area contributed by atoms with Gasteiger partial charge in [-0.15, -0.1) is 0 Å². The van der Waals surface area contributed by atoms with E-state index < -0.39 is 22.7 Å². The van der Waals surface area contributed by atoms with Crippen LogP contribution in [-0.4, -0.2) is 21.1 Å². The first-order valence-electron chi connectivity index (χ1n) is 4.54. The van der Waals surface area contributed by atoms with Gasteiger partial charge in [0.05, 0.1) is 4.90 Å². The first kappa shape index (κ1) is 13.8. The highest BCUT2D eigenvalue weighted by Crippen LogP contribution is 2.19. The maximum atomic E-state index is 11.9. The summed E-state index contributed by atoms with van der Waals surface area (Å²) in [5.74, 6) is 0. The fraction of sp³-hybridized carbons (Fsp3) is 0.333. The van der Waals surface area contributed by atoms with Crippen molar-refractivity contribution in [2.45, 2.75) is 18.0 Å². The molecule has 0 bridgehead atoms. The highest BCUT2D eigenvalue weighted by atomic mass is 32.2. The number of sulfonamides is 1. The van der Waals surface area contributed by atoms with Crippen molar-refractivity contribution in [1.29, 1.82) is 0 Å². The second-order valence-electron chi connectivity index (χ2n) is 3.46. The molecule has 0 unspecified atom stereocenters. The summed E-state index contributed by atoms with van der Waals surface area (Å²) in [6, 6.07) is 4.02. The topological polar surface area (TPSA) is 72.2 Å². The summed E-state index contributed by atoms with van der Waals surface area (Å²) in [4.78, 5) is -0.248. The number of nitrogens with two attached hydrogens (primary N) is 1. The molecule has 0 aliphatic rings. The van der Waals surface area contributed by atoms with Gasteiger partial charge in [0.15, 0.2) is 0 Å². The van der Waals surface area contributed by atoms with Gasteiger partial charge in [0, 0.05) is 5.69 Å². The number of nitrogen functional groups attached to an aromatic ring is 1. The largest absolute Gasteiger partial charge is 0.402 e. The van der Waals surface area contributed by atoms with Gasteiger partial charge in [-0.2, -0.15) is 13.2 Å². The minimum Gasteiger partial charge on any atom is -0.399 e. The van der Waals surface area contributed by atoms with E-state index in [1.165, 1.54) is 23.8 Å².